The second-order valence-corrected chi connectivity index (χ2v) is 12.1. The number of allylic oxidation sites excluding steroid dienone is 2. The third kappa shape index (κ3) is 3.29. The van der Waals surface area contributed by atoms with Gasteiger partial charge in [-0.25, -0.2) is 50.4 Å². The molecule has 6 rings (SSSR count). The van der Waals surface area contributed by atoms with E-state index < -0.39 is 91.8 Å². The molecule has 220 valence electrons. The minimum absolute atomic E-state index is 0.125. The normalized spacial score (nSPS) is 26.7. The average Bonchev–Trinajstić information content (AvgIpc) is 3.26. The number of aromatic hydroxyl groups is 1. The van der Waals surface area contributed by atoms with Gasteiger partial charge >= 0.3 is 11.4 Å². The average molecular weight is 696 g/mol. The Morgan fingerprint density at radius 1 is 0.929 bits per heavy atom. The highest BCUT2D eigenvalue weighted by molar-refractivity contribution is 9.10. The molecule has 9 nitrogen and oxygen atoms in total. The summed E-state index contributed by atoms with van der Waals surface area (Å²) in [6, 6.07) is 2.67. The van der Waals surface area contributed by atoms with E-state index in [1.807, 2.05) is 0 Å². The SMILES string of the molecule is Cn1c(=O)n2n(c1=O)[C@@H]1C[C@@]3(Cl)C(=O)N(c4c(F)c(F)c(F)c(F)c4F)C(=O)[C@@]3(Cl)[C@@H](c3cc(Br)ccc3O)C1=CC2. The van der Waals surface area contributed by atoms with Crippen molar-refractivity contribution in [1.82, 2.24) is 13.9 Å². The van der Waals surface area contributed by atoms with Crippen LogP contribution in [0.25, 0.3) is 0 Å². The van der Waals surface area contributed by atoms with Crippen LogP contribution in [-0.4, -0.2) is 40.6 Å². The molecule has 3 aromatic rings. The first kappa shape index (κ1) is 28.7. The lowest BCUT2D eigenvalue weighted by atomic mass is 9.64. The van der Waals surface area contributed by atoms with E-state index in [-0.39, 0.29) is 22.6 Å². The first-order valence-corrected chi connectivity index (χ1v) is 13.5. The van der Waals surface area contributed by atoms with Crippen LogP contribution in [0.3, 0.4) is 0 Å². The van der Waals surface area contributed by atoms with Crippen LogP contribution in [0.2, 0.25) is 0 Å². The summed E-state index contributed by atoms with van der Waals surface area (Å²) in [7, 11) is 1.20. The minimum atomic E-state index is -2.74. The number of phenols is 1. The Hall–Kier alpha value is -3.43. The van der Waals surface area contributed by atoms with Crippen molar-refractivity contribution in [2.75, 3.05) is 4.90 Å². The molecule has 2 aliphatic heterocycles. The maximum atomic E-state index is 15.0. The first-order chi connectivity index (χ1) is 19.6. The number of amides is 2. The Labute approximate surface area is 249 Å². The van der Waals surface area contributed by atoms with Crippen LogP contribution in [0.15, 0.2) is 43.9 Å². The summed E-state index contributed by atoms with van der Waals surface area (Å²) in [5, 5.41) is 10.9. The van der Waals surface area contributed by atoms with E-state index in [0.29, 0.717) is 4.47 Å². The molecule has 1 saturated heterocycles. The quantitative estimate of drug-likeness (QED) is 0.110. The predicted molar refractivity (Wildman–Crippen MR) is 140 cm³/mol. The molecule has 0 bridgehead atoms. The summed E-state index contributed by atoms with van der Waals surface area (Å²) < 4.78 is 75.3. The number of fused-ring (bicyclic) bond motifs is 4. The number of phenolic OH excluding ortho intramolecular Hbond substituents is 1. The van der Waals surface area contributed by atoms with E-state index in [1.165, 1.54) is 31.3 Å². The molecule has 2 fully saturated rings. The standard InChI is InChI=1S/C25H14BrCl2F5N4O5/c1-34-22(41)35-5-4-9-11(37(35)23(34)42)7-24(27)20(39)36(19-17(32)15(30)14(29)16(31)18(19)33)21(40)25(24,28)13(9)10-6-8(26)2-3-12(10)38/h2-4,6,11,13,38H,5,7H2,1H3/t11-,13-,24-,25+/m1/s1. The zero-order valence-corrected chi connectivity index (χ0v) is 23.9. The highest BCUT2D eigenvalue weighted by Gasteiger charge is 2.76. The molecular formula is C25H14BrCl2F5N4O5. The summed E-state index contributed by atoms with van der Waals surface area (Å²) >= 11 is 17.1. The van der Waals surface area contributed by atoms with Crippen LogP contribution < -0.4 is 16.3 Å². The summed E-state index contributed by atoms with van der Waals surface area (Å²) in [5.74, 6) is -17.7. The van der Waals surface area contributed by atoms with Crippen LogP contribution >= 0.6 is 39.1 Å². The zero-order chi connectivity index (χ0) is 30.8. The molecule has 1 aromatic heterocycles. The van der Waals surface area contributed by atoms with Crippen LogP contribution in [-0.2, 0) is 23.2 Å². The number of nitrogens with zero attached hydrogens (tertiary/aromatic N) is 4. The fraction of sp³-hybridized carbons (Fsp3) is 0.280. The van der Waals surface area contributed by atoms with Crippen molar-refractivity contribution in [3.05, 3.63) is 89.9 Å². The summed E-state index contributed by atoms with van der Waals surface area (Å²) in [5.41, 5.74) is -3.47. The van der Waals surface area contributed by atoms with Gasteiger partial charge in [-0.15, -0.1) is 23.2 Å². The third-order valence-corrected chi connectivity index (χ3v) is 9.89. The maximum absolute atomic E-state index is 15.0. The number of carbonyl (C=O) groups is 2. The number of anilines is 1. The molecule has 4 atom stereocenters. The number of aromatic nitrogens is 3. The molecule has 2 aromatic carbocycles. The Morgan fingerprint density at radius 3 is 2.14 bits per heavy atom. The van der Waals surface area contributed by atoms with Gasteiger partial charge in [0.1, 0.15) is 11.4 Å². The minimum Gasteiger partial charge on any atom is -0.508 e. The second-order valence-electron chi connectivity index (χ2n) is 9.99. The number of halogens is 8. The van der Waals surface area contributed by atoms with Crippen LogP contribution in [0.5, 0.6) is 5.75 Å². The van der Waals surface area contributed by atoms with Gasteiger partial charge in [0, 0.05) is 29.4 Å². The molecule has 1 saturated carbocycles. The molecule has 0 radical (unpaired) electrons. The van der Waals surface area contributed by atoms with Crippen molar-refractivity contribution < 1.29 is 36.6 Å². The second kappa shape index (κ2) is 9.04. The highest BCUT2D eigenvalue weighted by atomic mass is 79.9. The van der Waals surface area contributed by atoms with Crippen molar-refractivity contribution in [3.8, 4) is 5.75 Å². The van der Waals surface area contributed by atoms with Gasteiger partial charge in [-0.3, -0.25) is 9.59 Å². The van der Waals surface area contributed by atoms with Gasteiger partial charge in [-0.05, 0) is 23.8 Å². The Balaban J connectivity index is 1.68. The van der Waals surface area contributed by atoms with E-state index in [9.17, 15) is 46.2 Å². The number of hydrogen-bond donors (Lipinski definition) is 1. The van der Waals surface area contributed by atoms with Gasteiger partial charge in [0.05, 0.1) is 12.6 Å². The summed E-state index contributed by atoms with van der Waals surface area (Å²) in [4.78, 5) is 48.1. The van der Waals surface area contributed by atoms with E-state index in [0.717, 1.165) is 13.9 Å². The van der Waals surface area contributed by atoms with E-state index in [1.54, 1.807) is 0 Å². The van der Waals surface area contributed by atoms with Gasteiger partial charge in [0.2, 0.25) is 5.82 Å². The van der Waals surface area contributed by atoms with Crippen LogP contribution in [0.1, 0.15) is 23.9 Å². The van der Waals surface area contributed by atoms with Crippen LogP contribution in [0, 0.1) is 29.1 Å². The van der Waals surface area contributed by atoms with Gasteiger partial charge in [0.25, 0.3) is 11.8 Å². The molecule has 1 N–H and O–H groups in total. The first-order valence-electron chi connectivity index (χ1n) is 11.9. The van der Waals surface area contributed by atoms with Gasteiger partial charge in [-0.1, -0.05) is 22.0 Å². The molecule has 0 unspecified atom stereocenters. The Kier molecular flexibility index (Phi) is 6.17. The number of imide groups is 1. The number of benzene rings is 2. The summed E-state index contributed by atoms with van der Waals surface area (Å²) in [6.07, 6.45) is 0.699. The lowest BCUT2D eigenvalue weighted by Crippen LogP contribution is -2.59. The molecule has 17 heteroatoms. The van der Waals surface area contributed by atoms with Crippen molar-refractivity contribution in [3.63, 3.8) is 0 Å². The van der Waals surface area contributed by atoms with Crippen LogP contribution in [0.4, 0.5) is 27.6 Å². The predicted octanol–water partition coefficient (Wildman–Crippen LogP) is 3.71. The number of hydrogen-bond acceptors (Lipinski definition) is 5. The zero-order valence-electron chi connectivity index (χ0n) is 20.8. The van der Waals surface area contributed by atoms with Gasteiger partial charge < -0.3 is 5.11 Å². The van der Waals surface area contributed by atoms with Gasteiger partial charge in [-0.2, -0.15) is 0 Å². The lowest BCUT2D eigenvalue weighted by Gasteiger charge is -2.49. The molecule has 0 spiro atoms. The fourth-order valence-electron chi connectivity index (χ4n) is 6.04. The largest absolute Gasteiger partial charge is 0.508 e. The highest BCUT2D eigenvalue weighted by Crippen LogP contribution is 2.65. The fourth-order valence-corrected chi connectivity index (χ4v) is 7.33. The smallest absolute Gasteiger partial charge is 0.347 e. The van der Waals surface area contributed by atoms with Crippen molar-refractivity contribution in [2.24, 2.45) is 7.05 Å². The molecule has 42 heavy (non-hydrogen) atoms. The van der Waals surface area contributed by atoms with Gasteiger partial charge in [0.15, 0.2) is 33.0 Å². The Morgan fingerprint density at radius 2 is 1.52 bits per heavy atom. The van der Waals surface area contributed by atoms with Crippen molar-refractivity contribution in [1.29, 1.82) is 0 Å². The third-order valence-electron chi connectivity index (χ3n) is 7.98. The number of carbonyl (C=O) groups excluding carboxylic acids is 2. The molecule has 2 amide bonds. The Bertz CT molecular complexity index is 1910. The molecule has 3 heterocycles. The van der Waals surface area contributed by atoms with E-state index in [2.05, 4.69) is 15.9 Å². The maximum Gasteiger partial charge on any atom is 0.347 e. The van der Waals surface area contributed by atoms with Crippen molar-refractivity contribution in [2.45, 2.75) is 34.7 Å². The number of rotatable bonds is 2. The summed E-state index contributed by atoms with van der Waals surface area (Å²) in [6.45, 7) is -0.224. The topological polar surface area (TPSA) is 107 Å². The monoisotopic (exact) mass is 694 g/mol. The molecule has 1 aliphatic carbocycles. The number of alkyl halides is 2. The molecular weight excluding hydrogens is 682 g/mol. The van der Waals surface area contributed by atoms with Crippen molar-refractivity contribution >= 4 is 56.6 Å². The lowest BCUT2D eigenvalue weighted by molar-refractivity contribution is -0.122. The van der Waals surface area contributed by atoms with E-state index in [4.69, 9.17) is 23.2 Å². The van der Waals surface area contributed by atoms with E-state index >= 15 is 0 Å². The molecule has 3 aliphatic rings.